The van der Waals surface area contributed by atoms with Crippen LogP contribution in [0, 0.1) is 17.8 Å². The van der Waals surface area contributed by atoms with E-state index in [2.05, 4.69) is 0 Å². The summed E-state index contributed by atoms with van der Waals surface area (Å²) in [5, 5.41) is 0. The molecule has 3 nitrogen and oxygen atoms in total. The number of Topliss-reactive ketones (excluding diaryl/α,β-unsaturated/α-hetero) is 1. The molecule has 3 atom stereocenters. The molecule has 2 aliphatic carbocycles. The fourth-order valence-corrected chi connectivity index (χ4v) is 2.04. The average Bonchev–Trinajstić information content (AvgIpc) is 2.48. The lowest BCUT2D eigenvalue weighted by atomic mass is 10.1. The second kappa shape index (κ2) is 1.59. The van der Waals surface area contributed by atoms with Crippen LogP contribution in [0.4, 0.5) is 0 Å². The number of fused-ring (bicyclic) bond motifs is 1. The summed E-state index contributed by atoms with van der Waals surface area (Å²) >= 11 is 0. The summed E-state index contributed by atoms with van der Waals surface area (Å²) in [7, 11) is 0. The molecule has 0 saturated heterocycles. The van der Waals surface area contributed by atoms with Crippen molar-refractivity contribution in [2.24, 2.45) is 23.5 Å². The summed E-state index contributed by atoms with van der Waals surface area (Å²) in [6.45, 7) is 0. The Morgan fingerprint density at radius 1 is 1.60 bits per heavy atom. The number of hydrogen-bond acceptors (Lipinski definition) is 2. The lowest BCUT2D eigenvalue weighted by molar-refractivity contribution is -0.124. The standard InChI is InChI=1S/C7H9NO2/c8-7(10)6-3-1-2-4(9)5(3)6/h3,5-6H,1-2H2,(H2,8,10). The monoisotopic (exact) mass is 139 g/mol. The van der Waals surface area contributed by atoms with Crippen LogP contribution in [0.5, 0.6) is 0 Å². The first-order valence-corrected chi connectivity index (χ1v) is 3.54. The Kier molecular flexibility index (Phi) is 0.938. The normalized spacial score (nSPS) is 43.2. The van der Waals surface area contributed by atoms with Crippen molar-refractivity contribution in [3.63, 3.8) is 0 Å². The van der Waals surface area contributed by atoms with Crippen molar-refractivity contribution in [3.05, 3.63) is 0 Å². The zero-order valence-electron chi connectivity index (χ0n) is 5.54. The first-order chi connectivity index (χ1) is 4.72. The molecule has 3 heteroatoms. The molecule has 2 N–H and O–H groups in total. The Hall–Kier alpha value is -0.860. The number of ketones is 1. The molecule has 0 spiro atoms. The third-order valence-corrected chi connectivity index (χ3v) is 2.59. The van der Waals surface area contributed by atoms with Crippen molar-refractivity contribution < 1.29 is 9.59 Å². The number of rotatable bonds is 1. The van der Waals surface area contributed by atoms with Gasteiger partial charge in [0.15, 0.2) is 0 Å². The maximum atomic E-state index is 10.9. The summed E-state index contributed by atoms with van der Waals surface area (Å²) in [5.41, 5.74) is 5.06. The smallest absolute Gasteiger partial charge is 0.221 e. The summed E-state index contributed by atoms with van der Waals surface area (Å²) in [6.07, 6.45) is 1.55. The molecule has 54 valence electrons. The fraction of sp³-hybridized carbons (Fsp3) is 0.714. The van der Waals surface area contributed by atoms with Crippen molar-refractivity contribution in [2.75, 3.05) is 0 Å². The molecular weight excluding hydrogens is 130 g/mol. The summed E-state index contributed by atoms with van der Waals surface area (Å²) in [5.74, 6) is 0.209. The maximum Gasteiger partial charge on any atom is 0.221 e. The molecule has 0 aliphatic heterocycles. The fourth-order valence-electron chi connectivity index (χ4n) is 2.04. The van der Waals surface area contributed by atoms with Crippen molar-refractivity contribution >= 4 is 11.7 Å². The topological polar surface area (TPSA) is 60.2 Å². The zero-order valence-corrected chi connectivity index (χ0v) is 5.54. The van der Waals surface area contributed by atoms with Gasteiger partial charge in [0.1, 0.15) is 5.78 Å². The number of carbonyl (C=O) groups excluding carboxylic acids is 2. The first kappa shape index (κ1) is 5.89. The Balaban J connectivity index is 2.12. The quantitative estimate of drug-likeness (QED) is 0.542. The van der Waals surface area contributed by atoms with E-state index in [1.165, 1.54) is 0 Å². The molecule has 0 bridgehead atoms. The number of hydrogen-bond donors (Lipinski definition) is 1. The Morgan fingerprint density at radius 3 is 2.60 bits per heavy atom. The zero-order chi connectivity index (χ0) is 7.30. The van der Waals surface area contributed by atoms with E-state index in [0.717, 1.165) is 6.42 Å². The number of carbonyl (C=O) groups is 2. The van der Waals surface area contributed by atoms with Gasteiger partial charge in [-0.3, -0.25) is 9.59 Å². The van der Waals surface area contributed by atoms with Gasteiger partial charge in [0, 0.05) is 12.3 Å². The number of amides is 1. The molecular formula is C7H9NO2. The highest BCUT2D eigenvalue weighted by molar-refractivity contribution is 5.95. The van der Waals surface area contributed by atoms with Crippen LogP contribution >= 0.6 is 0 Å². The van der Waals surface area contributed by atoms with Crippen molar-refractivity contribution in [2.45, 2.75) is 12.8 Å². The molecule has 0 aromatic carbocycles. The number of primary amides is 1. The van der Waals surface area contributed by atoms with Gasteiger partial charge in [-0.25, -0.2) is 0 Å². The molecule has 0 aromatic heterocycles. The second-order valence-corrected chi connectivity index (χ2v) is 3.12. The van der Waals surface area contributed by atoms with E-state index >= 15 is 0 Å². The van der Waals surface area contributed by atoms with Crippen LogP contribution in [0.15, 0.2) is 0 Å². The van der Waals surface area contributed by atoms with Gasteiger partial charge in [-0.15, -0.1) is 0 Å². The SMILES string of the molecule is NC(=O)C1C2CCC(=O)C21. The highest BCUT2D eigenvalue weighted by atomic mass is 16.2. The second-order valence-electron chi connectivity index (χ2n) is 3.12. The average molecular weight is 139 g/mol. The third kappa shape index (κ3) is 0.549. The number of nitrogens with two attached hydrogens (primary N) is 1. The summed E-state index contributed by atoms with van der Waals surface area (Å²) < 4.78 is 0. The minimum absolute atomic E-state index is 0.0255. The van der Waals surface area contributed by atoms with Crippen molar-refractivity contribution in [1.29, 1.82) is 0 Å². The van der Waals surface area contributed by atoms with E-state index in [9.17, 15) is 9.59 Å². The molecule has 0 aromatic rings. The van der Waals surface area contributed by atoms with E-state index < -0.39 is 0 Å². The lowest BCUT2D eigenvalue weighted by Gasteiger charge is -1.94. The van der Waals surface area contributed by atoms with Crippen LogP contribution in [0.1, 0.15) is 12.8 Å². The molecule has 0 heterocycles. The van der Waals surface area contributed by atoms with Gasteiger partial charge in [-0.05, 0) is 12.3 Å². The van der Waals surface area contributed by atoms with Gasteiger partial charge in [0.05, 0.1) is 5.92 Å². The molecule has 2 aliphatic rings. The highest BCUT2D eigenvalue weighted by Gasteiger charge is 2.60. The van der Waals surface area contributed by atoms with Crippen LogP contribution < -0.4 is 5.73 Å². The summed E-state index contributed by atoms with van der Waals surface area (Å²) in [6, 6.07) is 0. The third-order valence-electron chi connectivity index (χ3n) is 2.59. The minimum Gasteiger partial charge on any atom is -0.369 e. The molecule has 2 rings (SSSR count). The van der Waals surface area contributed by atoms with Gasteiger partial charge < -0.3 is 5.73 Å². The van der Waals surface area contributed by atoms with Crippen molar-refractivity contribution in [1.82, 2.24) is 0 Å². The maximum absolute atomic E-state index is 10.9. The molecule has 10 heavy (non-hydrogen) atoms. The summed E-state index contributed by atoms with van der Waals surface area (Å²) in [4.78, 5) is 21.5. The van der Waals surface area contributed by atoms with Crippen LogP contribution in [0.3, 0.4) is 0 Å². The Bertz CT molecular complexity index is 208. The van der Waals surface area contributed by atoms with Crippen molar-refractivity contribution in [3.8, 4) is 0 Å². The largest absolute Gasteiger partial charge is 0.369 e. The Labute approximate surface area is 58.6 Å². The van der Waals surface area contributed by atoms with E-state index in [1.807, 2.05) is 0 Å². The minimum atomic E-state index is -0.289. The van der Waals surface area contributed by atoms with E-state index in [1.54, 1.807) is 0 Å². The molecule has 2 fully saturated rings. The van der Waals surface area contributed by atoms with Gasteiger partial charge in [-0.2, -0.15) is 0 Å². The van der Waals surface area contributed by atoms with Gasteiger partial charge >= 0.3 is 0 Å². The predicted molar refractivity (Wildman–Crippen MR) is 33.9 cm³/mol. The van der Waals surface area contributed by atoms with Crippen LogP contribution in [0.25, 0.3) is 0 Å². The molecule has 1 amide bonds. The molecule has 3 unspecified atom stereocenters. The molecule has 2 saturated carbocycles. The van der Waals surface area contributed by atoms with Gasteiger partial charge in [0.2, 0.25) is 5.91 Å². The van der Waals surface area contributed by atoms with Crippen LogP contribution in [-0.2, 0) is 9.59 Å². The van der Waals surface area contributed by atoms with Gasteiger partial charge in [-0.1, -0.05) is 0 Å². The first-order valence-electron chi connectivity index (χ1n) is 3.54. The van der Waals surface area contributed by atoms with Crippen LogP contribution in [0.2, 0.25) is 0 Å². The van der Waals surface area contributed by atoms with Gasteiger partial charge in [0.25, 0.3) is 0 Å². The van der Waals surface area contributed by atoms with Crippen LogP contribution in [-0.4, -0.2) is 11.7 Å². The highest BCUT2D eigenvalue weighted by Crippen LogP contribution is 2.55. The van der Waals surface area contributed by atoms with E-state index in [4.69, 9.17) is 5.73 Å². The lowest BCUT2D eigenvalue weighted by Crippen LogP contribution is -2.18. The van der Waals surface area contributed by atoms with E-state index in [-0.39, 0.29) is 23.5 Å². The molecule has 0 radical (unpaired) electrons. The van der Waals surface area contributed by atoms with E-state index in [0.29, 0.717) is 12.3 Å². The Morgan fingerprint density at radius 2 is 2.30 bits per heavy atom. The predicted octanol–water partition coefficient (Wildman–Crippen LogP) is -0.303.